The molecule has 0 bridgehead atoms. The Labute approximate surface area is 135 Å². The number of hydrogen-bond donors (Lipinski definition) is 1. The molecule has 0 radical (unpaired) electrons. The van der Waals surface area contributed by atoms with Gasteiger partial charge in [-0.25, -0.2) is 4.98 Å². The maximum atomic E-state index is 10.5. The second-order valence-corrected chi connectivity index (χ2v) is 6.71. The Hall–Kier alpha value is -1.36. The van der Waals surface area contributed by atoms with Crippen molar-refractivity contribution in [3.8, 4) is 0 Å². The number of benzene rings is 1. The number of fused-ring (bicyclic) bond motifs is 1. The van der Waals surface area contributed by atoms with Crippen molar-refractivity contribution in [2.45, 2.75) is 38.0 Å². The third kappa shape index (κ3) is 2.67. The van der Waals surface area contributed by atoms with Gasteiger partial charge in [0.15, 0.2) is 0 Å². The number of nitrogens with zero attached hydrogens (tertiary/aromatic N) is 3. The van der Waals surface area contributed by atoms with Crippen molar-refractivity contribution in [3.05, 3.63) is 52.6 Å². The fourth-order valence-corrected chi connectivity index (χ4v) is 3.56. The second kappa shape index (κ2) is 5.69. The van der Waals surface area contributed by atoms with Crippen LogP contribution in [0.25, 0.3) is 0 Å². The van der Waals surface area contributed by atoms with E-state index < -0.39 is 6.10 Å². The molecule has 1 unspecified atom stereocenters. The van der Waals surface area contributed by atoms with Crippen LogP contribution in [-0.2, 0) is 13.0 Å². The van der Waals surface area contributed by atoms with Crippen molar-refractivity contribution in [3.63, 3.8) is 0 Å². The Morgan fingerprint density at radius 3 is 2.91 bits per heavy atom. The Kier molecular flexibility index (Phi) is 3.68. The van der Waals surface area contributed by atoms with Gasteiger partial charge in [0, 0.05) is 48.4 Å². The van der Waals surface area contributed by atoms with Gasteiger partial charge in [-0.15, -0.1) is 0 Å². The molecule has 0 amide bonds. The van der Waals surface area contributed by atoms with Gasteiger partial charge in [-0.1, -0.05) is 29.8 Å². The van der Waals surface area contributed by atoms with Crippen molar-refractivity contribution < 1.29 is 5.11 Å². The summed E-state index contributed by atoms with van der Waals surface area (Å²) in [5.74, 6) is 0. The quantitative estimate of drug-likeness (QED) is 0.942. The van der Waals surface area contributed by atoms with E-state index in [1.807, 2.05) is 30.6 Å². The molecule has 1 saturated carbocycles. The van der Waals surface area contributed by atoms with Gasteiger partial charge in [-0.05, 0) is 18.9 Å². The van der Waals surface area contributed by atoms with Crippen molar-refractivity contribution in [2.75, 3.05) is 13.1 Å². The molecule has 1 N–H and O–H groups in total. The van der Waals surface area contributed by atoms with E-state index in [4.69, 9.17) is 11.6 Å². The van der Waals surface area contributed by atoms with Crippen LogP contribution in [0.5, 0.6) is 0 Å². The molecule has 5 heteroatoms. The number of rotatable bonds is 4. The lowest BCUT2D eigenvalue weighted by Gasteiger charge is -2.29. The fourth-order valence-electron chi connectivity index (χ4n) is 3.30. The fraction of sp³-hybridized carbons (Fsp3) is 0.471. The molecule has 1 aliphatic heterocycles. The van der Waals surface area contributed by atoms with E-state index in [9.17, 15) is 5.11 Å². The van der Waals surface area contributed by atoms with Gasteiger partial charge in [0.05, 0.1) is 18.1 Å². The first kappa shape index (κ1) is 14.2. The molecule has 2 aliphatic rings. The largest absolute Gasteiger partial charge is 0.387 e. The lowest BCUT2D eigenvalue weighted by atomic mass is 10.1. The molecule has 116 valence electrons. The zero-order valence-electron chi connectivity index (χ0n) is 12.5. The Bertz CT molecular complexity index is 680. The van der Waals surface area contributed by atoms with Crippen LogP contribution in [0.2, 0.25) is 5.02 Å². The molecular formula is C17H20ClN3O. The van der Waals surface area contributed by atoms with Crippen LogP contribution in [0.15, 0.2) is 30.6 Å². The zero-order valence-corrected chi connectivity index (χ0v) is 13.2. The minimum absolute atomic E-state index is 0.555. The number of hydrogen-bond acceptors (Lipinski definition) is 3. The van der Waals surface area contributed by atoms with E-state index in [0.717, 1.165) is 25.1 Å². The zero-order chi connectivity index (χ0) is 15.1. The first-order chi connectivity index (χ1) is 10.7. The summed E-state index contributed by atoms with van der Waals surface area (Å²) in [5.41, 5.74) is 3.37. The van der Waals surface area contributed by atoms with E-state index in [2.05, 4.69) is 14.5 Å². The van der Waals surface area contributed by atoms with Crippen molar-refractivity contribution in [1.29, 1.82) is 0 Å². The Morgan fingerprint density at radius 2 is 2.14 bits per heavy atom. The summed E-state index contributed by atoms with van der Waals surface area (Å²) in [7, 11) is 0. The Balaban J connectivity index is 1.45. The molecule has 1 atom stereocenters. The molecule has 1 aliphatic carbocycles. The van der Waals surface area contributed by atoms with Crippen molar-refractivity contribution in [1.82, 2.24) is 14.5 Å². The summed E-state index contributed by atoms with van der Waals surface area (Å²) >= 11 is 6.17. The smallest absolute Gasteiger partial charge is 0.0954 e. The molecule has 1 aromatic heterocycles. The van der Waals surface area contributed by atoms with E-state index in [-0.39, 0.29) is 0 Å². The van der Waals surface area contributed by atoms with Crippen LogP contribution in [-0.4, -0.2) is 32.6 Å². The Morgan fingerprint density at radius 1 is 1.32 bits per heavy atom. The highest BCUT2D eigenvalue weighted by Crippen LogP contribution is 2.37. The minimum Gasteiger partial charge on any atom is -0.387 e. The summed E-state index contributed by atoms with van der Waals surface area (Å²) in [5, 5.41) is 11.1. The monoisotopic (exact) mass is 317 g/mol. The molecule has 1 aromatic carbocycles. The molecule has 1 fully saturated rings. The first-order valence-corrected chi connectivity index (χ1v) is 8.29. The topological polar surface area (TPSA) is 41.3 Å². The molecule has 2 heterocycles. The number of β-amino-alcohol motifs (C(OH)–C–C–N with tert-alkyl or cyclic N) is 1. The van der Waals surface area contributed by atoms with E-state index >= 15 is 0 Å². The summed E-state index contributed by atoms with van der Waals surface area (Å²) in [6.45, 7) is 2.38. The van der Waals surface area contributed by atoms with Gasteiger partial charge in [-0.2, -0.15) is 0 Å². The maximum Gasteiger partial charge on any atom is 0.0954 e. The molecule has 0 saturated heterocycles. The molecule has 4 rings (SSSR count). The average Bonchev–Trinajstić information content (AvgIpc) is 3.27. The minimum atomic E-state index is -0.555. The SMILES string of the molecule is OC(CN1CCc2c(ncn2C2CC2)C1)c1ccccc1Cl. The average molecular weight is 318 g/mol. The standard InChI is InChI=1S/C17H20ClN3O/c18-14-4-2-1-3-13(14)17(22)10-20-8-7-16-15(9-20)19-11-21(16)12-5-6-12/h1-4,11-12,17,22H,5-10H2. The van der Waals surface area contributed by atoms with Gasteiger partial charge in [0.2, 0.25) is 0 Å². The molecule has 2 aromatic rings. The van der Waals surface area contributed by atoms with Gasteiger partial charge in [0.25, 0.3) is 0 Å². The normalized spacial score (nSPS) is 19.9. The lowest BCUT2D eigenvalue weighted by molar-refractivity contribution is 0.105. The lowest BCUT2D eigenvalue weighted by Crippen LogP contribution is -2.34. The highest BCUT2D eigenvalue weighted by molar-refractivity contribution is 6.31. The number of aromatic nitrogens is 2. The van der Waals surface area contributed by atoms with Crippen molar-refractivity contribution in [2.24, 2.45) is 0 Å². The van der Waals surface area contributed by atoms with Crippen LogP contribution < -0.4 is 0 Å². The first-order valence-electron chi connectivity index (χ1n) is 7.92. The van der Waals surface area contributed by atoms with Gasteiger partial charge < -0.3 is 9.67 Å². The van der Waals surface area contributed by atoms with Gasteiger partial charge in [-0.3, -0.25) is 4.90 Å². The molecular weight excluding hydrogens is 298 g/mol. The predicted octanol–water partition coefficient (Wildman–Crippen LogP) is 2.96. The summed E-state index contributed by atoms with van der Waals surface area (Å²) in [6.07, 6.45) is 5.04. The highest BCUT2D eigenvalue weighted by Gasteiger charge is 2.30. The summed E-state index contributed by atoms with van der Waals surface area (Å²) in [4.78, 5) is 6.84. The number of aliphatic hydroxyl groups is 1. The number of imidazole rings is 1. The highest BCUT2D eigenvalue weighted by atomic mass is 35.5. The van der Waals surface area contributed by atoms with Crippen LogP contribution in [0.1, 0.15) is 41.9 Å². The van der Waals surface area contributed by atoms with Gasteiger partial charge in [0.1, 0.15) is 0 Å². The van der Waals surface area contributed by atoms with Gasteiger partial charge >= 0.3 is 0 Å². The molecule has 0 spiro atoms. The second-order valence-electron chi connectivity index (χ2n) is 6.30. The van der Waals surface area contributed by atoms with Crippen LogP contribution >= 0.6 is 11.6 Å². The predicted molar refractivity (Wildman–Crippen MR) is 85.9 cm³/mol. The van der Waals surface area contributed by atoms with Crippen LogP contribution in [0.4, 0.5) is 0 Å². The molecule has 4 nitrogen and oxygen atoms in total. The van der Waals surface area contributed by atoms with E-state index in [1.54, 1.807) is 0 Å². The summed E-state index contributed by atoms with van der Waals surface area (Å²) < 4.78 is 2.36. The van der Waals surface area contributed by atoms with Crippen LogP contribution in [0, 0.1) is 0 Å². The van der Waals surface area contributed by atoms with Crippen molar-refractivity contribution >= 4 is 11.6 Å². The number of aliphatic hydroxyl groups excluding tert-OH is 1. The third-order valence-electron chi connectivity index (χ3n) is 4.66. The number of halogens is 1. The van der Waals surface area contributed by atoms with E-state index in [0.29, 0.717) is 17.6 Å². The third-order valence-corrected chi connectivity index (χ3v) is 5.00. The van der Waals surface area contributed by atoms with Crippen LogP contribution in [0.3, 0.4) is 0 Å². The maximum absolute atomic E-state index is 10.5. The van der Waals surface area contributed by atoms with E-state index in [1.165, 1.54) is 24.2 Å². The molecule has 22 heavy (non-hydrogen) atoms. The summed E-state index contributed by atoms with van der Waals surface area (Å²) in [6, 6.07) is 8.21.